The summed E-state index contributed by atoms with van der Waals surface area (Å²) in [6, 6.07) is 17.5. The van der Waals surface area contributed by atoms with Crippen molar-refractivity contribution in [3.8, 4) is 17.6 Å². The predicted molar refractivity (Wildman–Crippen MR) is 71.2 cm³/mol. The molecule has 0 saturated carbocycles. The first-order valence-corrected chi connectivity index (χ1v) is 5.75. The smallest absolute Gasteiger partial charge is 0.119 e. The Bertz CT molecular complexity index is 533. The average molecular weight is 238 g/mol. The van der Waals surface area contributed by atoms with Gasteiger partial charge in [0.2, 0.25) is 0 Å². The summed E-state index contributed by atoms with van der Waals surface area (Å²) < 4.78 is 5.64. The van der Waals surface area contributed by atoms with Crippen molar-refractivity contribution in [3.05, 3.63) is 65.7 Å². The number of hydrogen-bond donors (Lipinski definition) is 1. The SMILES string of the molecule is OCC#Cc1ccc(COc2ccccc2)cc1. The lowest BCUT2D eigenvalue weighted by atomic mass is 10.1. The Morgan fingerprint density at radius 2 is 1.67 bits per heavy atom. The van der Waals surface area contributed by atoms with Crippen LogP contribution in [0.2, 0.25) is 0 Å². The van der Waals surface area contributed by atoms with Crippen LogP contribution in [0.1, 0.15) is 11.1 Å². The third-order valence-corrected chi connectivity index (χ3v) is 2.41. The van der Waals surface area contributed by atoms with E-state index >= 15 is 0 Å². The molecule has 0 saturated heterocycles. The van der Waals surface area contributed by atoms with Gasteiger partial charge in [-0.05, 0) is 29.8 Å². The standard InChI is InChI=1S/C16H14O2/c17-12-4-5-14-8-10-15(11-9-14)13-18-16-6-2-1-3-7-16/h1-3,6-11,17H,12-13H2. The number of aliphatic hydroxyl groups excluding tert-OH is 1. The lowest BCUT2D eigenvalue weighted by Gasteiger charge is -2.05. The van der Waals surface area contributed by atoms with Crippen molar-refractivity contribution in [1.29, 1.82) is 0 Å². The van der Waals surface area contributed by atoms with Crippen LogP contribution in [-0.4, -0.2) is 11.7 Å². The molecule has 90 valence electrons. The van der Waals surface area contributed by atoms with Crippen molar-refractivity contribution < 1.29 is 9.84 Å². The molecule has 0 spiro atoms. The fourth-order valence-corrected chi connectivity index (χ4v) is 1.51. The number of benzene rings is 2. The molecule has 0 aromatic heterocycles. The Morgan fingerprint density at radius 1 is 0.944 bits per heavy atom. The van der Waals surface area contributed by atoms with Crippen LogP contribution in [-0.2, 0) is 6.61 Å². The maximum Gasteiger partial charge on any atom is 0.119 e. The third-order valence-electron chi connectivity index (χ3n) is 2.41. The first-order chi connectivity index (χ1) is 8.88. The van der Waals surface area contributed by atoms with E-state index in [9.17, 15) is 0 Å². The van der Waals surface area contributed by atoms with Gasteiger partial charge in [0, 0.05) is 5.56 Å². The van der Waals surface area contributed by atoms with E-state index in [2.05, 4.69) is 11.8 Å². The summed E-state index contributed by atoms with van der Waals surface area (Å²) in [5.41, 5.74) is 1.99. The normalized spacial score (nSPS) is 9.39. The average Bonchev–Trinajstić information content (AvgIpc) is 2.45. The second kappa shape index (κ2) is 6.48. The topological polar surface area (TPSA) is 29.5 Å². The molecule has 0 atom stereocenters. The van der Waals surface area contributed by atoms with Crippen molar-refractivity contribution in [2.24, 2.45) is 0 Å². The zero-order valence-corrected chi connectivity index (χ0v) is 9.97. The number of para-hydroxylation sites is 1. The monoisotopic (exact) mass is 238 g/mol. The summed E-state index contributed by atoms with van der Waals surface area (Å²) >= 11 is 0. The largest absolute Gasteiger partial charge is 0.489 e. The Kier molecular flexibility index (Phi) is 4.40. The van der Waals surface area contributed by atoms with E-state index in [0.29, 0.717) is 6.61 Å². The summed E-state index contributed by atoms with van der Waals surface area (Å²) in [6.45, 7) is 0.427. The van der Waals surface area contributed by atoms with Crippen molar-refractivity contribution in [3.63, 3.8) is 0 Å². The van der Waals surface area contributed by atoms with Crippen LogP contribution in [0, 0.1) is 11.8 Å². The molecule has 2 aromatic carbocycles. The van der Waals surface area contributed by atoms with Crippen LogP contribution in [0.15, 0.2) is 54.6 Å². The van der Waals surface area contributed by atoms with Gasteiger partial charge in [0.05, 0.1) is 0 Å². The quantitative estimate of drug-likeness (QED) is 0.833. The van der Waals surface area contributed by atoms with Gasteiger partial charge in [-0.3, -0.25) is 0 Å². The highest BCUT2D eigenvalue weighted by atomic mass is 16.5. The Balaban J connectivity index is 1.94. The van der Waals surface area contributed by atoms with Crippen LogP contribution in [0.25, 0.3) is 0 Å². The summed E-state index contributed by atoms with van der Waals surface area (Å²) in [7, 11) is 0. The zero-order valence-electron chi connectivity index (χ0n) is 9.97. The molecule has 2 heteroatoms. The van der Waals surface area contributed by atoms with E-state index in [1.54, 1.807) is 0 Å². The van der Waals surface area contributed by atoms with E-state index in [1.807, 2.05) is 54.6 Å². The van der Waals surface area contributed by atoms with Gasteiger partial charge >= 0.3 is 0 Å². The van der Waals surface area contributed by atoms with Gasteiger partial charge in [-0.2, -0.15) is 0 Å². The number of rotatable bonds is 3. The third kappa shape index (κ3) is 3.65. The minimum absolute atomic E-state index is 0.112. The number of hydrogen-bond acceptors (Lipinski definition) is 2. The molecule has 0 amide bonds. The van der Waals surface area contributed by atoms with E-state index in [0.717, 1.165) is 16.9 Å². The van der Waals surface area contributed by atoms with Crippen LogP contribution in [0.3, 0.4) is 0 Å². The second-order valence-electron chi connectivity index (χ2n) is 3.76. The molecule has 0 aliphatic carbocycles. The highest BCUT2D eigenvalue weighted by Crippen LogP contribution is 2.12. The van der Waals surface area contributed by atoms with Gasteiger partial charge in [-0.1, -0.05) is 42.2 Å². The van der Waals surface area contributed by atoms with Crippen molar-refractivity contribution >= 4 is 0 Å². The predicted octanol–water partition coefficient (Wildman–Crippen LogP) is 2.61. The van der Waals surface area contributed by atoms with Crippen LogP contribution in [0.4, 0.5) is 0 Å². The Morgan fingerprint density at radius 3 is 2.33 bits per heavy atom. The van der Waals surface area contributed by atoms with Gasteiger partial charge in [0.15, 0.2) is 0 Å². The molecule has 2 rings (SSSR count). The van der Waals surface area contributed by atoms with Gasteiger partial charge in [-0.15, -0.1) is 0 Å². The van der Waals surface area contributed by atoms with Crippen LogP contribution < -0.4 is 4.74 Å². The van der Waals surface area contributed by atoms with Crippen molar-refractivity contribution in [1.82, 2.24) is 0 Å². The Labute approximate surface area is 107 Å². The molecule has 0 aliphatic heterocycles. The summed E-state index contributed by atoms with van der Waals surface area (Å²) in [5.74, 6) is 6.33. The fraction of sp³-hybridized carbons (Fsp3) is 0.125. The lowest BCUT2D eigenvalue weighted by Crippen LogP contribution is -1.94. The maximum atomic E-state index is 8.60. The highest BCUT2D eigenvalue weighted by Gasteiger charge is 1.95. The molecule has 0 aliphatic rings. The molecular formula is C16H14O2. The lowest BCUT2D eigenvalue weighted by molar-refractivity contribution is 0.306. The molecule has 18 heavy (non-hydrogen) atoms. The molecule has 0 unspecified atom stereocenters. The maximum absolute atomic E-state index is 8.60. The summed E-state index contributed by atoms with van der Waals surface area (Å²) in [5, 5.41) is 8.60. The molecule has 2 aromatic rings. The molecule has 0 fully saturated rings. The van der Waals surface area contributed by atoms with Crippen LogP contribution in [0.5, 0.6) is 5.75 Å². The molecule has 1 N–H and O–H groups in total. The molecule has 0 heterocycles. The fourth-order valence-electron chi connectivity index (χ4n) is 1.51. The first kappa shape index (κ1) is 12.2. The minimum Gasteiger partial charge on any atom is -0.489 e. The Hall–Kier alpha value is -2.24. The van der Waals surface area contributed by atoms with Gasteiger partial charge < -0.3 is 9.84 Å². The zero-order chi connectivity index (χ0) is 12.6. The highest BCUT2D eigenvalue weighted by molar-refractivity contribution is 5.36. The summed E-state index contributed by atoms with van der Waals surface area (Å²) in [6.07, 6.45) is 0. The van der Waals surface area contributed by atoms with Gasteiger partial charge in [-0.25, -0.2) is 0 Å². The van der Waals surface area contributed by atoms with E-state index in [1.165, 1.54) is 0 Å². The second-order valence-corrected chi connectivity index (χ2v) is 3.76. The molecule has 0 radical (unpaired) electrons. The minimum atomic E-state index is -0.112. The van der Waals surface area contributed by atoms with E-state index in [-0.39, 0.29) is 6.61 Å². The molecular weight excluding hydrogens is 224 g/mol. The van der Waals surface area contributed by atoms with Crippen molar-refractivity contribution in [2.45, 2.75) is 6.61 Å². The van der Waals surface area contributed by atoms with E-state index < -0.39 is 0 Å². The van der Waals surface area contributed by atoms with Crippen molar-refractivity contribution in [2.75, 3.05) is 6.61 Å². The molecule has 0 bridgehead atoms. The first-order valence-electron chi connectivity index (χ1n) is 5.75. The number of aliphatic hydroxyl groups is 1. The number of ether oxygens (including phenoxy) is 1. The van der Waals surface area contributed by atoms with E-state index in [4.69, 9.17) is 9.84 Å². The van der Waals surface area contributed by atoms with Crippen LogP contribution >= 0.6 is 0 Å². The van der Waals surface area contributed by atoms with Gasteiger partial charge in [0.25, 0.3) is 0 Å². The summed E-state index contributed by atoms with van der Waals surface area (Å²) in [4.78, 5) is 0. The molecule has 2 nitrogen and oxygen atoms in total. The van der Waals surface area contributed by atoms with Gasteiger partial charge in [0.1, 0.15) is 19.0 Å².